The summed E-state index contributed by atoms with van der Waals surface area (Å²) in [7, 11) is -5.32. The average molecular weight is 483 g/mol. The Labute approximate surface area is 200 Å². The van der Waals surface area contributed by atoms with Gasteiger partial charge in [0.1, 0.15) is 0 Å². The largest absolute Gasteiger partial charge is 0.391 e. The van der Waals surface area contributed by atoms with Gasteiger partial charge in [-0.25, -0.2) is 0 Å². The van der Waals surface area contributed by atoms with Crippen LogP contribution < -0.4 is 10.4 Å². The Morgan fingerprint density at radius 3 is 0.875 bits per heavy atom. The molecule has 1 aromatic rings. The summed E-state index contributed by atoms with van der Waals surface area (Å²) in [5.41, 5.74) is 0. The van der Waals surface area contributed by atoms with E-state index in [9.17, 15) is 0 Å². The first-order valence-electron chi connectivity index (χ1n) is 12.6. The van der Waals surface area contributed by atoms with Gasteiger partial charge in [0.15, 0.2) is 0 Å². The number of hydrogen-bond donors (Lipinski definition) is 0. The molecule has 0 aliphatic rings. The Hall–Kier alpha value is -0.506. The number of benzene rings is 1. The highest BCUT2D eigenvalue weighted by atomic mass is 28.4. The number of rotatable bonds is 14. The lowest BCUT2D eigenvalue weighted by Gasteiger charge is -2.43. The Morgan fingerprint density at radius 1 is 0.500 bits per heavy atom. The third-order valence-corrected chi connectivity index (χ3v) is 14.2. The van der Waals surface area contributed by atoms with E-state index in [0.717, 1.165) is 52.1 Å². The molecule has 0 heterocycles. The van der Waals surface area contributed by atoms with Gasteiger partial charge in [-0.2, -0.15) is 0 Å². The van der Waals surface area contributed by atoms with Gasteiger partial charge in [-0.3, -0.25) is 0 Å². The summed E-state index contributed by atoms with van der Waals surface area (Å²) < 4.78 is 26.5. The van der Waals surface area contributed by atoms with Crippen molar-refractivity contribution in [3.63, 3.8) is 0 Å². The van der Waals surface area contributed by atoms with Crippen LogP contribution in [0.3, 0.4) is 0 Å². The first kappa shape index (κ1) is 29.5. The Kier molecular flexibility index (Phi) is 11.8. The molecule has 0 saturated heterocycles. The molecule has 0 fully saturated rings. The van der Waals surface area contributed by atoms with E-state index >= 15 is 0 Å². The lowest BCUT2D eigenvalue weighted by Crippen LogP contribution is -2.63. The lowest BCUT2D eigenvalue weighted by atomic mass is 10.2. The molecule has 4 nitrogen and oxygen atoms in total. The molecule has 0 radical (unpaired) electrons. The zero-order valence-electron chi connectivity index (χ0n) is 22.6. The van der Waals surface area contributed by atoms with Crippen LogP contribution in [0.25, 0.3) is 0 Å². The molecule has 0 saturated carbocycles. The highest BCUT2D eigenvalue weighted by Crippen LogP contribution is 2.39. The van der Waals surface area contributed by atoms with Crippen LogP contribution in [0.5, 0.6) is 0 Å². The fraction of sp³-hybridized carbons (Fsp3) is 0.769. The van der Waals surface area contributed by atoms with E-state index in [1.807, 2.05) is 0 Å². The number of hydrogen-bond acceptors (Lipinski definition) is 4. The van der Waals surface area contributed by atoms with Crippen LogP contribution in [0.2, 0.25) is 10.1 Å². The predicted octanol–water partition coefficient (Wildman–Crippen LogP) is 6.29. The van der Waals surface area contributed by atoms with Gasteiger partial charge >= 0.3 is 17.1 Å². The van der Waals surface area contributed by atoms with Crippen LogP contribution in [0.1, 0.15) is 94.9 Å². The summed E-state index contributed by atoms with van der Waals surface area (Å²) in [5.74, 6) is 0. The van der Waals surface area contributed by atoms with Crippen LogP contribution >= 0.6 is 0 Å². The van der Waals surface area contributed by atoms with E-state index in [0.29, 0.717) is 0 Å². The van der Waals surface area contributed by atoms with E-state index in [1.165, 1.54) is 10.4 Å². The molecule has 0 amide bonds. The summed E-state index contributed by atoms with van der Waals surface area (Å²) in [6, 6.07) is 8.93. The minimum absolute atomic E-state index is 0.0885. The molecule has 0 aliphatic heterocycles. The van der Waals surface area contributed by atoms with Gasteiger partial charge in [0.25, 0.3) is 0 Å². The zero-order valence-corrected chi connectivity index (χ0v) is 24.6. The van der Waals surface area contributed by atoms with Crippen molar-refractivity contribution in [3.05, 3.63) is 24.3 Å². The molecule has 0 atom stereocenters. The van der Waals surface area contributed by atoms with Gasteiger partial charge in [0, 0.05) is 36.5 Å². The van der Waals surface area contributed by atoms with Gasteiger partial charge in [0.2, 0.25) is 0 Å². The summed E-state index contributed by atoms with van der Waals surface area (Å²) in [4.78, 5) is 0. The third-order valence-electron chi connectivity index (χ3n) is 5.66. The molecule has 0 spiro atoms. The van der Waals surface area contributed by atoms with Gasteiger partial charge in [0.05, 0.1) is 0 Å². The van der Waals surface area contributed by atoms with Crippen LogP contribution in [0, 0.1) is 0 Å². The van der Waals surface area contributed by atoms with E-state index in [1.54, 1.807) is 0 Å². The maximum Gasteiger partial charge on any atom is 0.378 e. The minimum Gasteiger partial charge on any atom is -0.391 e. The van der Waals surface area contributed by atoms with Crippen molar-refractivity contribution < 1.29 is 17.7 Å². The molecule has 0 aromatic heterocycles. The minimum atomic E-state index is -2.66. The quantitative estimate of drug-likeness (QED) is 0.292. The van der Waals surface area contributed by atoms with Crippen molar-refractivity contribution in [2.24, 2.45) is 0 Å². The predicted molar refractivity (Wildman–Crippen MR) is 142 cm³/mol. The molecule has 186 valence electrons. The second kappa shape index (κ2) is 12.8. The van der Waals surface area contributed by atoms with E-state index in [-0.39, 0.29) is 10.1 Å². The summed E-state index contributed by atoms with van der Waals surface area (Å²) in [6.45, 7) is 25.0. The monoisotopic (exact) mass is 482 g/mol. The van der Waals surface area contributed by atoms with Crippen molar-refractivity contribution in [1.29, 1.82) is 0 Å². The zero-order chi connectivity index (χ0) is 24.5. The fourth-order valence-electron chi connectivity index (χ4n) is 4.04. The SMILES string of the molecule is CCCO[Si](OCCC)(c1ccc([Si](OCCC)(OCCC)C(C)(C)C)cc1)C(C)(C)C. The van der Waals surface area contributed by atoms with Gasteiger partial charge < -0.3 is 17.7 Å². The molecule has 0 aliphatic carbocycles. The smallest absolute Gasteiger partial charge is 0.378 e. The molecular weight excluding hydrogens is 432 g/mol. The summed E-state index contributed by atoms with van der Waals surface area (Å²) >= 11 is 0. The molecule has 6 heteroatoms. The van der Waals surface area contributed by atoms with Crippen LogP contribution in [0.15, 0.2) is 24.3 Å². The van der Waals surface area contributed by atoms with Gasteiger partial charge in [-0.15, -0.1) is 0 Å². The molecular formula is C26H50O4Si2. The standard InChI is InChI=1S/C26H50O4Si2/c1-11-19-27-31(25(5,6)7,28-20-12-2)23-15-17-24(18-16-23)32(26(8,9)10,29-21-13-3)30-22-14-4/h15-18H,11-14,19-22H2,1-10H3. The fourth-order valence-corrected chi connectivity index (χ4v) is 11.5. The average Bonchev–Trinajstić information content (AvgIpc) is 2.73. The Balaban J connectivity index is 3.56. The van der Waals surface area contributed by atoms with Crippen LogP contribution in [-0.2, 0) is 17.7 Å². The second-order valence-corrected chi connectivity index (χ2v) is 18.5. The van der Waals surface area contributed by atoms with E-state index in [4.69, 9.17) is 17.7 Å². The van der Waals surface area contributed by atoms with E-state index < -0.39 is 17.1 Å². The normalized spacial score (nSPS) is 13.6. The van der Waals surface area contributed by atoms with Crippen molar-refractivity contribution in [2.75, 3.05) is 26.4 Å². The molecule has 1 aromatic carbocycles. The van der Waals surface area contributed by atoms with Crippen molar-refractivity contribution in [3.8, 4) is 0 Å². The summed E-state index contributed by atoms with van der Waals surface area (Å²) in [6.07, 6.45) is 3.92. The van der Waals surface area contributed by atoms with Gasteiger partial charge in [-0.05, 0) is 36.1 Å². The maximum atomic E-state index is 6.62. The van der Waals surface area contributed by atoms with Crippen LogP contribution in [-0.4, -0.2) is 43.5 Å². The highest BCUT2D eigenvalue weighted by Gasteiger charge is 2.53. The third kappa shape index (κ3) is 6.77. The molecule has 32 heavy (non-hydrogen) atoms. The first-order valence-corrected chi connectivity index (χ1v) is 16.3. The topological polar surface area (TPSA) is 36.9 Å². The molecule has 1 rings (SSSR count). The molecule has 0 N–H and O–H groups in total. The second-order valence-electron chi connectivity index (χ2n) is 10.7. The Bertz CT molecular complexity index is 574. The van der Waals surface area contributed by atoms with Crippen molar-refractivity contribution in [1.82, 2.24) is 0 Å². The molecule has 0 bridgehead atoms. The maximum absolute atomic E-state index is 6.62. The highest BCUT2D eigenvalue weighted by molar-refractivity contribution is 6.85. The summed E-state index contributed by atoms with van der Waals surface area (Å²) in [5, 5.41) is 2.21. The molecule has 0 unspecified atom stereocenters. The van der Waals surface area contributed by atoms with E-state index in [2.05, 4.69) is 93.5 Å². The Morgan fingerprint density at radius 2 is 0.719 bits per heavy atom. The lowest BCUT2D eigenvalue weighted by molar-refractivity contribution is 0.159. The van der Waals surface area contributed by atoms with Crippen molar-refractivity contribution >= 4 is 27.5 Å². The van der Waals surface area contributed by atoms with Gasteiger partial charge in [-0.1, -0.05) is 93.5 Å². The van der Waals surface area contributed by atoms with Crippen molar-refractivity contribution in [2.45, 2.75) is 105 Å². The first-order chi connectivity index (χ1) is 15.0. The van der Waals surface area contributed by atoms with Crippen LogP contribution in [0.4, 0.5) is 0 Å².